The Morgan fingerprint density at radius 1 is 1.35 bits per heavy atom. The Kier molecular flexibility index (Phi) is 6.01. The zero-order chi connectivity index (χ0) is 14.2. The molecule has 2 rings (SSSR count). The summed E-state index contributed by atoms with van der Waals surface area (Å²) in [5.41, 5.74) is 0. The lowest BCUT2D eigenvalue weighted by Gasteiger charge is -2.26. The number of aryl methyl sites for hydroxylation is 1. The van der Waals surface area contributed by atoms with Crippen LogP contribution in [0.5, 0.6) is 5.88 Å². The summed E-state index contributed by atoms with van der Waals surface area (Å²) >= 11 is 0. The molecule has 0 atom stereocenters. The first-order chi connectivity index (χ1) is 9.78. The second kappa shape index (κ2) is 8.01. The number of nitrogens with zero attached hydrogens (tertiary/aromatic N) is 3. The first-order valence-corrected chi connectivity index (χ1v) is 7.30. The normalized spacial score (nSPS) is 16.1. The summed E-state index contributed by atoms with van der Waals surface area (Å²) in [5.74, 6) is 2.20. The number of rotatable bonds is 7. The van der Waals surface area contributed by atoms with Gasteiger partial charge in [-0.25, -0.2) is 4.98 Å². The van der Waals surface area contributed by atoms with Crippen molar-refractivity contribution >= 4 is 5.82 Å². The van der Waals surface area contributed by atoms with Crippen molar-refractivity contribution in [3.8, 4) is 5.88 Å². The molecule has 1 aliphatic heterocycles. The van der Waals surface area contributed by atoms with Gasteiger partial charge in [0.15, 0.2) is 0 Å². The molecule has 1 aromatic rings. The van der Waals surface area contributed by atoms with E-state index in [0.29, 0.717) is 12.5 Å². The van der Waals surface area contributed by atoms with Gasteiger partial charge in [0.25, 0.3) is 0 Å². The third-order valence-corrected chi connectivity index (χ3v) is 3.17. The van der Waals surface area contributed by atoms with E-state index in [1.165, 1.54) is 0 Å². The standard InChI is InChI=1S/C14H24N4O2/c1-3-20-14-11-13(16-12(2)17-14)15-5-4-6-18-7-9-19-10-8-18/h11H,3-10H2,1-2H3,(H,15,16,17). The number of ether oxygens (including phenoxy) is 2. The molecule has 20 heavy (non-hydrogen) atoms. The van der Waals surface area contributed by atoms with Gasteiger partial charge in [0.05, 0.1) is 19.8 Å². The number of anilines is 1. The first-order valence-electron chi connectivity index (χ1n) is 7.30. The van der Waals surface area contributed by atoms with Crippen LogP contribution >= 0.6 is 0 Å². The molecular formula is C14H24N4O2. The van der Waals surface area contributed by atoms with Crippen molar-refractivity contribution in [1.29, 1.82) is 0 Å². The Labute approximate surface area is 120 Å². The van der Waals surface area contributed by atoms with E-state index in [2.05, 4.69) is 20.2 Å². The van der Waals surface area contributed by atoms with Crippen LogP contribution in [0.25, 0.3) is 0 Å². The number of morpholine rings is 1. The average molecular weight is 280 g/mol. The van der Waals surface area contributed by atoms with Gasteiger partial charge in [-0.2, -0.15) is 4.98 Å². The molecule has 0 aromatic carbocycles. The molecule has 0 spiro atoms. The van der Waals surface area contributed by atoms with Gasteiger partial charge in [-0.1, -0.05) is 0 Å². The van der Waals surface area contributed by atoms with Crippen molar-refractivity contribution in [2.75, 3.05) is 51.3 Å². The highest BCUT2D eigenvalue weighted by atomic mass is 16.5. The van der Waals surface area contributed by atoms with E-state index in [4.69, 9.17) is 9.47 Å². The van der Waals surface area contributed by atoms with Crippen LogP contribution in [0.3, 0.4) is 0 Å². The summed E-state index contributed by atoms with van der Waals surface area (Å²) in [6.45, 7) is 10.2. The van der Waals surface area contributed by atoms with Gasteiger partial charge in [0.1, 0.15) is 11.6 Å². The van der Waals surface area contributed by atoms with Crippen molar-refractivity contribution in [2.24, 2.45) is 0 Å². The minimum Gasteiger partial charge on any atom is -0.478 e. The van der Waals surface area contributed by atoms with Crippen LogP contribution in [0.4, 0.5) is 5.82 Å². The summed E-state index contributed by atoms with van der Waals surface area (Å²) in [4.78, 5) is 11.0. The summed E-state index contributed by atoms with van der Waals surface area (Å²) < 4.78 is 10.8. The van der Waals surface area contributed by atoms with Crippen molar-refractivity contribution < 1.29 is 9.47 Å². The molecule has 0 saturated carbocycles. The van der Waals surface area contributed by atoms with Gasteiger partial charge in [-0.15, -0.1) is 0 Å². The van der Waals surface area contributed by atoms with E-state index in [1.807, 2.05) is 19.9 Å². The lowest BCUT2D eigenvalue weighted by molar-refractivity contribution is 0.0378. The highest BCUT2D eigenvalue weighted by Gasteiger charge is 2.09. The van der Waals surface area contributed by atoms with Crippen molar-refractivity contribution in [3.63, 3.8) is 0 Å². The maximum Gasteiger partial charge on any atom is 0.218 e. The van der Waals surface area contributed by atoms with E-state index >= 15 is 0 Å². The lowest BCUT2D eigenvalue weighted by atomic mass is 10.3. The Hall–Kier alpha value is -1.40. The number of nitrogens with one attached hydrogen (secondary N) is 1. The molecule has 2 heterocycles. The van der Waals surface area contributed by atoms with Crippen LogP contribution < -0.4 is 10.1 Å². The molecule has 1 N–H and O–H groups in total. The Morgan fingerprint density at radius 2 is 2.15 bits per heavy atom. The van der Waals surface area contributed by atoms with Crippen LogP contribution in [-0.4, -0.2) is 60.9 Å². The van der Waals surface area contributed by atoms with Gasteiger partial charge in [0, 0.05) is 25.7 Å². The lowest BCUT2D eigenvalue weighted by Crippen LogP contribution is -2.37. The molecular weight excluding hydrogens is 256 g/mol. The molecule has 0 bridgehead atoms. The highest BCUT2D eigenvalue weighted by molar-refractivity contribution is 5.38. The first kappa shape index (κ1) is 15.0. The molecule has 0 unspecified atom stereocenters. The number of hydrogen-bond acceptors (Lipinski definition) is 6. The smallest absolute Gasteiger partial charge is 0.218 e. The van der Waals surface area contributed by atoms with Crippen molar-refractivity contribution in [2.45, 2.75) is 20.3 Å². The van der Waals surface area contributed by atoms with Crippen molar-refractivity contribution in [1.82, 2.24) is 14.9 Å². The predicted molar refractivity (Wildman–Crippen MR) is 78.3 cm³/mol. The van der Waals surface area contributed by atoms with E-state index in [9.17, 15) is 0 Å². The fourth-order valence-corrected chi connectivity index (χ4v) is 2.20. The Bertz CT molecular complexity index is 408. The summed E-state index contributed by atoms with van der Waals surface area (Å²) in [7, 11) is 0. The molecule has 0 amide bonds. The maximum absolute atomic E-state index is 5.42. The monoisotopic (exact) mass is 280 g/mol. The van der Waals surface area contributed by atoms with Gasteiger partial charge < -0.3 is 14.8 Å². The quantitative estimate of drug-likeness (QED) is 0.760. The minimum atomic E-state index is 0.618. The second-order valence-electron chi connectivity index (χ2n) is 4.81. The third kappa shape index (κ3) is 4.94. The summed E-state index contributed by atoms with van der Waals surface area (Å²) in [6, 6.07) is 1.85. The molecule has 1 fully saturated rings. The molecule has 0 radical (unpaired) electrons. The molecule has 1 aliphatic rings. The van der Waals surface area contributed by atoms with Gasteiger partial charge in [-0.3, -0.25) is 4.90 Å². The van der Waals surface area contributed by atoms with Gasteiger partial charge in [0.2, 0.25) is 5.88 Å². The molecule has 1 aromatic heterocycles. The second-order valence-corrected chi connectivity index (χ2v) is 4.81. The predicted octanol–water partition coefficient (Wildman–Crippen LogP) is 1.32. The van der Waals surface area contributed by atoms with E-state index in [-0.39, 0.29) is 0 Å². The van der Waals surface area contributed by atoms with Gasteiger partial charge in [-0.05, 0) is 26.8 Å². The third-order valence-electron chi connectivity index (χ3n) is 3.17. The number of aromatic nitrogens is 2. The summed E-state index contributed by atoms with van der Waals surface area (Å²) in [5, 5.41) is 3.33. The fraction of sp³-hybridized carbons (Fsp3) is 0.714. The Morgan fingerprint density at radius 3 is 2.90 bits per heavy atom. The van der Waals surface area contributed by atoms with E-state index in [0.717, 1.165) is 57.5 Å². The molecule has 6 heteroatoms. The van der Waals surface area contributed by atoms with E-state index < -0.39 is 0 Å². The van der Waals surface area contributed by atoms with Gasteiger partial charge >= 0.3 is 0 Å². The molecule has 6 nitrogen and oxygen atoms in total. The Balaban J connectivity index is 1.72. The van der Waals surface area contributed by atoms with Crippen molar-refractivity contribution in [3.05, 3.63) is 11.9 Å². The highest BCUT2D eigenvalue weighted by Crippen LogP contribution is 2.13. The zero-order valence-corrected chi connectivity index (χ0v) is 12.4. The number of hydrogen-bond donors (Lipinski definition) is 1. The fourth-order valence-electron chi connectivity index (χ4n) is 2.20. The summed E-state index contributed by atoms with van der Waals surface area (Å²) in [6.07, 6.45) is 1.09. The molecule has 0 aliphatic carbocycles. The van der Waals surface area contributed by atoms with Crippen LogP contribution in [0.2, 0.25) is 0 Å². The van der Waals surface area contributed by atoms with Crippen LogP contribution in [-0.2, 0) is 4.74 Å². The minimum absolute atomic E-state index is 0.618. The van der Waals surface area contributed by atoms with E-state index in [1.54, 1.807) is 0 Å². The SMILES string of the molecule is CCOc1cc(NCCCN2CCOCC2)nc(C)n1. The zero-order valence-electron chi connectivity index (χ0n) is 12.4. The molecule has 1 saturated heterocycles. The average Bonchev–Trinajstić information content (AvgIpc) is 2.45. The van der Waals surface area contributed by atoms with Crippen LogP contribution in [0.1, 0.15) is 19.2 Å². The topological polar surface area (TPSA) is 59.5 Å². The maximum atomic E-state index is 5.42. The largest absolute Gasteiger partial charge is 0.478 e. The van der Waals surface area contributed by atoms with Crippen LogP contribution in [0, 0.1) is 6.92 Å². The van der Waals surface area contributed by atoms with Crippen LogP contribution in [0.15, 0.2) is 6.07 Å². The molecule has 112 valence electrons.